The van der Waals surface area contributed by atoms with Gasteiger partial charge in [-0.15, -0.1) is 0 Å². The number of likely N-dealkylation sites (tertiary alicyclic amines) is 1. The summed E-state index contributed by atoms with van der Waals surface area (Å²) in [6, 6.07) is 19.4. The van der Waals surface area contributed by atoms with Crippen LogP contribution in [-0.2, 0) is 4.79 Å². The molecule has 1 aliphatic rings. The lowest BCUT2D eigenvalue weighted by molar-refractivity contribution is -0.137. The van der Waals surface area contributed by atoms with E-state index >= 15 is 0 Å². The van der Waals surface area contributed by atoms with E-state index in [2.05, 4.69) is 11.1 Å². The van der Waals surface area contributed by atoms with Gasteiger partial charge in [-0.3, -0.25) is 19.6 Å². The maximum atomic E-state index is 13.5. The summed E-state index contributed by atoms with van der Waals surface area (Å²) >= 11 is 0. The summed E-state index contributed by atoms with van der Waals surface area (Å²) < 4.78 is 18.9. The first-order valence-electron chi connectivity index (χ1n) is 14.0. The number of aliphatic carboxylic acids is 1. The molecule has 3 aromatic rings. The molecule has 1 aliphatic heterocycles. The smallest absolute Gasteiger partial charge is 0.303 e. The molecule has 8 heteroatoms. The van der Waals surface area contributed by atoms with Gasteiger partial charge in [-0.05, 0) is 92.5 Å². The summed E-state index contributed by atoms with van der Waals surface area (Å²) in [4.78, 5) is 35.6. The van der Waals surface area contributed by atoms with Crippen LogP contribution in [0.5, 0.6) is 5.75 Å². The molecular formula is C33H36FN3O4. The summed E-state index contributed by atoms with van der Waals surface area (Å²) in [6.45, 7) is 3.19. The highest BCUT2D eigenvalue weighted by Gasteiger charge is 2.26. The highest BCUT2D eigenvalue weighted by atomic mass is 19.1. The van der Waals surface area contributed by atoms with Crippen LogP contribution in [0.4, 0.5) is 15.8 Å². The van der Waals surface area contributed by atoms with E-state index in [0.29, 0.717) is 55.2 Å². The predicted octanol–water partition coefficient (Wildman–Crippen LogP) is 7.34. The fourth-order valence-corrected chi connectivity index (χ4v) is 5.05. The molecule has 3 aromatic carbocycles. The molecule has 1 fully saturated rings. The van der Waals surface area contributed by atoms with Crippen molar-refractivity contribution in [2.24, 2.45) is 9.98 Å². The van der Waals surface area contributed by atoms with Crippen LogP contribution >= 0.6 is 0 Å². The van der Waals surface area contributed by atoms with Gasteiger partial charge in [0.1, 0.15) is 11.6 Å². The number of carboxylic acid groups (broad SMARTS) is 1. The van der Waals surface area contributed by atoms with Gasteiger partial charge in [0.15, 0.2) is 0 Å². The Balaban J connectivity index is 1.51. The van der Waals surface area contributed by atoms with E-state index in [-0.39, 0.29) is 18.1 Å². The number of rotatable bonds is 11. The molecule has 1 N–H and O–H groups in total. The van der Waals surface area contributed by atoms with Gasteiger partial charge in [-0.25, -0.2) is 4.39 Å². The average Bonchev–Trinajstić information content (AvgIpc) is 2.99. The number of carbonyl (C=O) groups is 2. The number of ether oxygens (including phenoxy) is 1. The van der Waals surface area contributed by atoms with Gasteiger partial charge < -0.3 is 14.7 Å². The molecule has 7 nitrogen and oxygen atoms in total. The van der Waals surface area contributed by atoms with Crippen LogP contribution in [0.3, 0.4) is 0 Å². The van der Waals surface area contributed by atoms with Gasteiger partial charge in [0, 0.05) is 37.0 Å². The minimum Gasteiger partial charge on any atom is -0.496 e. The lowest BCUT2D eigenvalue weighted by Gasteiger charge is -2.33. The Bertz CT molecular complexity index is 1410. The molecule has 1 heterocycles. The molecule has 0 atom stereocenters. The van der Waals surface area contributed by atoms with Crippen molar-refractivity contribution in [3.8, 4) is 5.75 Å². The Morgan fingerprint density at radius 3 is 2.41 bits per heavy atom. The topological polar surface area (TPSA) is 91.6 Å². The van der Waals surface area contributed by atoms with Crippen LogP contribution < -0.4 is 4.74 Å². The second-order valence-electron chi connectivity index (χ2n) is 10.3. The fraction of sp³-hybridized carbons (Fsp3) is 0.333. The van der Waals surface area contributed by atoms with Crippen LogP contribution in [0.25, 0.3) is 0 Å². The average molecular weight is 558 g/mol. The van der Waals surface area contributed by atoms with Crippen molar-refractivity contribution in [1.82, 2.24) is 4.90 Å². The number of benzene rings is 3. The lowest BCUT2D eigenvalue weighted by Crippen LogP contribution is -2.37. The number of methoxy groups -OCH3 is 1. The van der Waals surface area contributed by atoms with Gasteiger partial charge in [0.05, 0.1) is 18.5 Å². The monoisotopic (exact) mass is 557 g/mol. The quantitative estimate of drug-likeness (QED) is 0.197. The molecule has 0 spiro atoms. The maximum Gasteiger partial charge on any atom is 0.303 e. The summed E-state index contributed by atoms with van der Waals surface area (Å²) in [5, 5.41) is 8.90. The number of hydrogen-bond acceptors (Lipinski definition) is 5. The molecule has 1 amide bonds. The number of unbranched alkanes of at least 4 members (excludes halogenated alkanes) is 1. The first-order chi connectivity index (χ1) is 19.8. The third-order valence-electron chi connectivity index (χ3n) is 7.30. The minimum atomic E-state index is -0.810. The number of nitrogens with zero attached hydrogens (tertiary/aromatic N) is 3. The van der Waals surface area contributed by atoms with E-state index in [0.717, 1.165) is 29.9 Å². The number of hydrogen-bond donors (Lipinski definition) is 1. The van der Waals surface area contributed by atoms with Gasteiger partial charge in [0.25, 0.3) is 5.91 Å². The molecule has 214 valence electrons. The first-order valence-corrected chi connectivity index (χ1v) is 14.0. The van der Waals surface area contributed by atoms with Gasteiger partial charge >= 0.3 is 5.97 Å². The zero-order valence-electron chi connectivity index (χ0n) is 23.6. The van der Waals surface area contributed by atoms with Crippen molar-refractivity contribution in [3.05, 3.63) is 89.2 Å². The summed E-state index contributed by atoms with van der Waals surface area (Å²) in [7, 11) is 1.68. The Labute approximate surface area is 240 Å². The Kier molecular flexibility index (Phi) is 10.4. The zero-order valence-corrected chi connectivity index (χ0v) is 23.6. The number of para-hydroxylation sites is 1. The fourth-order valence-electron chi connectivity index (χ4n) is 5.05. The van der Waals surface area contributed by atoms with Gasteiger partial charge in [-0.2, -0.15) is 0 Å². The van der Waals surface area contributed by atoms with Gasteiger partial charge in [-0.1, -0.05) is 30.3 Å². The van der Waals surface area contributed by atoms with Crippen LogP contribution in [0.2, 0.25) is 0 Å². The standard InChI is InChI=1S/C33H36FN3O4/c1-23(7-3-6-10-32(38)39)36-30-21-26(13-16-29(30)35-22-24-11-14-27(34)15-12-24)33(40)37-19-17-25(18-20-37)28-8-4-5-9-31(28)41-2/h4-5,8-9,11-16,21-22,25H,3,6-7,10,17-20H2,1-2H3,(H,38,39). The van der Waals surface area contributed by atoms with Gasteiger partial charge in [0.2, 0.25) is 0 Å². The van der Waals surface area contributed by atoms with Crippen molar-refractivity contribution < 1.29 is 23.8 Å². The van der Waals surface area contributed by atoms with E-state index < -0.39 is 5.97 Å². The van der Waals surface area contributed by atoms with E-state index in [1.54, 1.807) is 43.7 Å². The second kappa shape index (κ2) is 14.3. The lowest BCUT2D eigenvalue weighted by atomic mass is 9.88. The van der Waals surface area contributed by atoms with Crippen molar-refractivity contribution >= 4 is 35.2 Å². The molecule has 0 radical (unpaired) electrons. The van der Waals surface area contributed by atoms with E-state index in [1.165, 1.54) is 17.7 Å². The molecule has 41 heavy (non-hydrogen) atoms. The number of halogens is 1. The summed E-state index contributed by atoms with van der Waals surface area (Å²) in [6.07, 6.45) is 5.39. The molecule has 0 unspecified atom stereocenters. The third kappa shape index (κ3) is 8.33. The number of amides is 1. The number of aliphatic imine (C=N–C) groups is 2. The molecule has 0 bridgehead atoms. The molecule has 0 aromatic heterocycles. The number of carboxylic acids is 1. The highest BCUT2D eigenvalue weighted by molar-refractivity contribution is 5.97. The normalized spacial score (nSPS) is 14.4. The summed E-state index contributed by atoms with van der Waals surface area (Å²) in [5.41, 5.74) is 4.44. The molecule has 0 aliphatic carbocycles. The molecule has 4 rings (SSSR count). The maximum absolute atomic E-state index is 13.5. The number of carbonyl (C=O) groups excluding carboxylic acids is 1. The van der Waals surface area contributed by atoms with E-state index in [9.17, 15) is 14.0 Å². The van der Waals surface area contributed by atoms with Crippen molar-refractivity contribution in [1.29, 1.82) is 0 Å². The van der Waals surface area contributed by atoms with Crippen LogP contribution in [0.15, 0.2) is 76.7 Å². The SMILES string of the molecule is COc1ccccc1C1CCN(C(=O)c2ccc(N=Cc3ccc(F)cc3)c(N=C(C)CCCCC(=O)O)c2)CC1. The Hall–Kier alpha value is -4.33. The molecular weight excluding hydrogens is 521 g/mol. The minimum absolute atomic E-state index is 0.0481. The van der Waals surface area contributed by atoms with Crippen molar-refractivity contribution in [2.75, 3.05) is 20.2 Å². The number of piperidine rings is 1. The first kappa shape index (κ1) is 29.6. The highest BCUT2D eigenvalue weighted by Crippen LogP contribution is 2.35. The van der Waals surface area contributed by atoms with E-state index in [4.69, 9.17) is 14.8 Å². The second-order valence-corrected chi connectivity index (χ2v) is 10.3. The van der Waals surface area contributed by atoms with E-state index in [1.807, 2.05) is 30.0 Å². The molecule has 0 saturated carbocycles. The third-order valence-corrected chi connectivity index (χ3v) is 7.30. The predicted molar refractivity (Wildman–Crippen MR) is 160 cm³/mol. The summed E-state index contributed by atoms with van der Waals surface area (Å²) in [5.74, 6) is 0.0428. The Morgan fingerprint density at radius 1 is 1.00 bits per heavy atom. The Morgan fingerprint density at radius 2 is 1.71 bits per heavy atom. The largest absolute Gasteiger partial charge is 0.496 e. The van der Waals surface area contributed by atoms with Crippen molar-refractivity contribution in [2.45, 2.75) is 51.4 Å². The van der Waals surface area contributed by atoms with Crippen LogP contribution in [-0.4, -0.2) is 54.0 Å². The molecule has 1 saturated heterocycles. The zero-order chi connectivity index (χ0) is 29.2. The van der Waals surface area contributed by atoms with Crippen LogP contribution in [0.1, 0.15) is 72.9 Å². The van der Waals surface area contributed by atoms with Crippen molar-refractivity contribution in [3.63, 3.8) is 0 Å². The van der Waals surface area contributed by atoms with Crippen LogP contribution in [0, 0.1) is 5.82 Å².